The van der Waals surface area contributed by atoms with Crippen LogP contribution in [0.4, 0.5) is 13.2 Å². The third-order valence-electron chi connectivity index (χ3n) is 7.01. The summed E-state index contributed by atoms with van der Waals surface area (Å²) in [4.78, 5) is 32.5. The maximum atomic E-state index is 12.8. The number of rotatable bonds is 4. The maximum Gasteiger partial charge on any atom is 0.389 e. The van der Waals surface area contributed by atoms with E-state index in [4.69, 9.17) is 0 Å². The van der Waals surface area contributed by atoms with Gasteiger partial charge >= 0.3 is 6.18 Å². The number of hydrogen-bond acceptors (Lipinski definition) is 4. The fourth-order valence-corrected chi connectivity index (χ4v) is 5.34. The number of likely N-dealkylation sites (tertiary alicyclic amines) is 1. The Bertz CT molecular complexity index is 838. The van der Waals surface area contributed by atoms with E-state index >= 15 is 0 Å². The molecule has 1 unspecified atom stereocenters. The van der Waals surface area contributed by atoms with Crippen LogP contribution in [0, 0.1) is 5.41 Å². The molecule has 6 nitrogen and oxygen atoms in total. The van der Waals surface area contributed by atoms with Crippen LogP contribution >= 0.6 is 0 Å². The molecule has 0 bridgehead atoms. The molecule has 4 rings (SSSR count). The number of carbonyl (C=O) groups is 2. The number of pyridine rings is 1. The van der Waals surface area contributed by atoms with Gasteiger partial charge in [0.1, 0.15) is 0 Å². The molecule has 3 aliphatic rings. The topological polar surface area (TPSA) is 73.7 Å². The van der Waals surface area contributed by atoms with Crippen molar-refractivity contribution >= 4 is 11.8 Å². The molecule has 2 aliphatic heterocycles. The van der Waals surface area contributed by atoms with Crippen molar-refractivity contribution in [1.29, 1.82) is 0 Å². The molecule has 2 fully saturated rings. The Morgan fingerprint density at radius 3 is 2.63 bits per heavy atom. The highest BCUT2D eigenvalue weighted by Gasteiger charge is 2.56. The van der Waals surface area contributed by atoms with Gasteiger partial charge in [0.2, 0.25) is 5.91 Å². The summed E-state index contributed by atoms with van der Waals surface area (Å²) in [5.74, 6) is -0.683. The Hall–Kier alpha value is -2.16. The van der Waals surface area contributed by atoms with Crippen LogP contribution < -0.4 is 0 Å². The second kappa shape index (κ2) is 7.51. The molecule has 0 aromatic carbocycles. The van der Waals surface area contributed by atoms with E-state index in [1.165, 1.54) is 4.90 Å². The van der Waals surface area contributed by atoms with Crippen molar-refractivity contribution in [2.45, 2.75) is 63.3 Å². The molecule has 1 saturated heterocycles. The van der Waals surface area contributed by atoms with E-state index in [0.717, 1.165) is 12.8 Å². The molecule has 164 valence electrons. The zero-order chi connectivity index (χ0) is 21.6. The summed E-state index contributed by atoms with van der Waals surface area (Å²) >= 11 is 0. The second-order valence-corrected chi connectivity index (χ2v) is 8.86. The zero-order valence-corrected chi connectivity index (χ0v) is 16.7. The van der Waals surface area contributed by atoms with Gasteiger partial charge < -0.3 is 14.9 Å². The second-order valence-electron chi connectivity index (χ2n) is 8.86. The summed E-state index contributed by atoms with van der Waals surface area (Å²) in [5.41, 5.74) is -0.545. The highest BCUT2D eigenvalue weighted by molar-refractivity contribution is 5.97. The molecule has 1 atom stereocenters. The van der Waals surface area contributed by atoms with Crippen LogP contribution in [0.15, 0.2) is 18.3 Å². The summed E-state index contributed by atoms with van der Waals surface area (Å²) in [6.07, 6.45) is -1.01. The number of halogens is 3. The number of nitrogens with zero attached hydrogens (tertiary/aromatic N) is 3. The number of aromatic nitrogens is 1. The van der Waals surface area contributed by atoms with Gasteiger partial charge in [0, 0.05) is 31.1 Å². The zero-order valence-electron chi connectivity index (χ0n) is 16.7. The van der Waals surface area contributed by atoms with E-state index in [0.29, 0.717) is 30.6 Å². The van der Waals surface area contributed by atoms with Gasteiger partial charge in [0.05, 0.1) is 36.4 Å². The summed E-state index contributed by atoms with van der Waals surface area (Å²) in [7, 11) is 0. The highest BCUT2D eigenvalue weighted by atomic mass is 19.4. The standard InChI is InChI=1S/C21H26F3N3O3/c22-21(23,24)8-5-17(28)26-11-9-20(30,19(13-26)6-1-2-7-19)14-27-12-16-15(18(27)29)4-3-10-25-16/h3-4,10,30H,1-2,5-9,11-14H2. The molecule has 9 heteroatoms. The van der Waals surface area contributed by atoms with Gasteiger partial charge in [-0.15, -0.1) is 0 Å². The molecular weight excluding hydrogens is 399 g/mol. The van der Waals surface area contributed by atoms with Crippen molar-refractivity contribution in [3.05, 3.63) is 29.6 Å². The number of β-amino-alcohol motifs (C(OH)–C–C–N with tert-alkyl or cyclic N) is 1. The van der Waals surface area contributed by atoms with E-state index in [9.17, 15) is 27.9 Å². The van der Waals surface area contributed by atoms with Crippen LogP contribution in [0.2, 0.25) is 0 Å². The maximum absolute atomic E-state index is 12.8. The fraction of sp³-hybridized carbons (Fsp3) is 0.667. The van der Waals surface area contributed by atoms with Gasteiger partial charge in [-0.3, -0.25) is 14.6 Å². The normalized spacial score (nSPS) is 25.8. The third kappa shape index (κ3) is 3.79. The van der Waals surface area contributed by atoms with Crippen molar-refractivity contribution in [2.24, 2.45) is 5.41 Å². The van der Waals surface area contributed by atoms with Crippen LogP contribution in [0.1, 0.15) is 61.0 Å². The van der Waals surface area contributed by atoms with E-state index < -0.39 is 35.9 Å². The Kier molecular flexibility index (Phi) is 5.28. The number of aliphatic hydroxyl groups is 1. The number of amides is 2. The van der Waals surface area contributed by atoms with Crippen molar-refractivity contribution < 1.29 is 27.9 Å². The smallest absolute Gasteiger partial charge is 0.387 e. The number of carbonyl (C=O) groups excluding carboxylic acids is 2. The van der Waals surface area contributed by atoms with E-state index in [1.807, 2.05) is 0 Å². The first-order valence-corrected chi connectivity index (χ1v) is 10.4. The van der Waals surface area contributed by atoms with E-state index in [-0.39, 0.29) is 32.0 Å². The van der Waals surface area contributed by atoms with Gasteiger partial charge in [-0.2, -0.15) is 13.2 Å². The van der Waals surface area contributed by atoms with Crippen LogP contribution in [0.3, 0.4) is 0 Å². The number of hydrogen-bond donors (Lipinski definition) is 1. The van der Waals surface area contributed by atoms with Gasteiger partial charge in [-0.1, -0.05) is 12.8 Å². The molecule has 2 amide bonds. The Morgan fingerprint density at radius 2 is 1.97 bits per heavy atom. The van der Waals surface area contributed by atoms with Gasteiger partial charge in [-0.05, 0) is 31.4 Å². The van der Waals surface area contributed by atoms with Crippen molar-refractivity contribution in [2.75, 3.05) is 19.6 Å². The van der Waals surface area contributed by atoms with Crippen molar-refractivity contribution in [3.63, 3.8) is 0 Å². The quantitative estimate of drug-likeness (QED) is 0.805. The minimum absolute atomic E-state index is 0.146. The first kappa shape index (κ1) is 21.1. The average Bonchev–Trinajstić information content (AvgIpc) is 3.28. The predicted molar refractivity (Wildman–Crippen MR) is 101 cm³/mol. The minimum atomic E-state index is -4.36. The molecule has 30 heavy (non-hydrogen) atoms. The summed E-state index contributed by atoms with van der Waals surface area (Å²) in [5, 5.41) is 11.7. The fourth-order valence-electron chi connectivity index (χ4n) is 5.34. The Balaban J connectivity index is 1.49. The molecule has 1 aromatic heterocycles. The average molecular weight is 425 g/mol. The highest BCUT2D eigenvalue weighted by Crippen LogP contribution is 2.51. The van der Waals surface area contributed by atoms with Crippen LogP contribution in [-0.4, -0.2) is 63.1 Å². The molecule has 1 aliphatic carbocycles. The SMILES string of the molecule is O=C(CCC(F)(F)F)N1CCC(O)(CN2Cc3ncccc3C2=O)C2(CCCC2)C1. The lowest BCUT2D eigenvalue weighted by atomic mass is 9.65. The van der Waals surface area contributed by atoms with Crippen LogP contribution in [0.5, 0.6) is 0 Å². The summed E-state index contributed by atoms with van der Waals surface area (Å²) in [6, 6.07) is 3.43. The molecule has 3 heterocycles. The van der Waals surface area contributed by atoms with Crippen molar-refractivity contribution in [1.82, 2.24) is 14.8 Å². The lowest BCUT2D eigenvalue weighted by Crippen LogP contribution is -2.64. The van der Waals surface area contributed by atoms with Crippen molar-refractivity contribution in [3.8, 4) is 0 Å². The molecule has 1 aromatic rings. The molecular formula is C21H26F3N3O3. The molecule has 1 N–H and O–H groups in total. The Morgan fingerprint density at radius 1 is 1.23 bits per heavy atom. The van der Waals surface area contributed by atoms with E-state index in [2.05, 4.69) is 4.98 Å². The molecule has 1 saturated carbocycles. The summed E-state index contributed by atoms with van der Waals surface area (Å²) < 4.78 is 37.6. The number of alkyl halides is 3. The van der Waals surface area contributed by atoms with Gasteiger partial charge in [0.25, 0.3) is 5.91 Å². The largest absolute Gasteiger partial charge is 0.389 e. The third-order valence-corrected chi connectivity index (χ3v) is 7.01. The van der Waals surface area contributed by atoms with E-state index in [1.54, 1.807) is 23.2 Å². The Labute approximate surface area is 173 Å². The number of piperidine rings is 1. The first-order valence-electron chi connectivity index (χ1n) is 10.4. The summed E-state index contributed by atoms with van der Waals surface area (Å²) in [6.45, 7) is 0.921. The van der Waals surface area contributed by atoms with Crippen LogP contribution in [0.25, 0.3) is 0 Å². The predicted octanol–water partition coefficient (Wildman–Crippen LogP) is 2.90. The minimum Gasteiger partial charge on any atom is -0.387 e. The number of fused-ring (bicyclic) bond motifs is 1. The van der Waals surface area contributed by atoms with Gasteiger partial charge in [-0.25, -0.2) is 0 Å². The van der Waals surface area contributed by atoms with Gasteiger partial charge in [0.15, 0.2) is 0 Å². The molecule has 1 spiro atoms. The lowest BCUT2D eigenvalue weighted by molar-refractivity contribution is -0.166. The monoisotopic (exact) mass is 425 g/mol. The first-order chi connectivity index (χ1) is 14.1. The molecule has 0 radical (unpaired) electrons. The lowest BCUT2D eigenvalue weighted by Gasteiger charge is -2.53. The van der Waals surface area contributed by atoms with Crippen LogP contribution in [-0.2, 0) is 11.3 Å².